The molecule has 0 spiro atoms. The molecule has 70 heavy (non-hydrogen) atoms. The molecule has 0 bridgehead atoms. The summed E-state index contributed by atoms with van der Waals surface area (Å²) in [7, 11) is 1.94. The van der Waals surface area contributed by atoms with Crippen molar-refractivity contribution >= 4 is 72.7 Å². The van der Waals surface area contributed by atoms with E-state index < -0.39 is 11.9 Å². The fraction of sp³-hybridized carbons (Fsp3) is 0.352. The maximum Gasteiger partial charge on any atom is 0.362 e. The van der Waals surface area contributed by atoms with Crippen molar-refractivity contribution in [2.45, 2.75) is 70.8 Å². The molecule has 7 aromatic rings. The third-order valence-corrected chi connectivity index (χ3v) is 14.8. The molecule has 3 amide bonds. The maximum absolute atomic E-state index is 13.8. The van der Waals surface area contributed by atoms with Crippen LogP contribution in [0.5, 0.6) is 11.5 Å². The first-order valence-electron chi connectivity index (χ1n) is 24.4. The fourth-order valence-electron chi connectivity index (χ4n) is 10.1. The number of pyridine rings is 1. The molecule has 1 unspecified atom stereocenters. The lowest BCUT2D eigenvalue weighted by molar-refractivity contribution is -0.134. The number of aromatic nitrogens is 4. The zero-order valence-electron chi connectivity index (χ0n) is 39.6. The Hall–Kier alpha value is -7.17. The van der Waals surface area contributed by atoms with E-state index in [-0.39, 0.29) is 23.4 Å². The number of ether oxygens (including phenoxy) is 2. The second kappa shape index (κ2) is 20.8. The number of anilines is 3. The first-order valence-corrected chi connectivity index (χ1v) is 25.2. The molecular formula is C54H57N9O6S. The van der Waals surface area contributed by atoms with E-state index in [0.29, 0.717) is 61.2 Å². The van der Waals surface area contributed by atoms with Crippen molar-refractivity contribution in [3.63, 3.8) is 0 Å². The second-order valence-corrected chi connectivity index (χ2v) is 19.4. The van der Waals surface area contributed by atoms with Crippen LogP contribution >= 0.6 is 11.3 Å². The number of carbonyl (C=O) groups excluding carboxylic acids is 4. The van der Waals surface area contributed by atoms with Gasteiger partial charge in [0.25, 0.3) is 5.91 Å². The van der Waals surface area contributed by atoms with E-state index in [9.17, 15) is 19.2 Å². The highest BCUT2D eigenvalue weighted by molar-refractivity contribution is 7.22. The summed E-state index contributed by atoms with van der Waals surface area (Å²) in [5.41, 5.74) is 8.05. The molecule has 0 radical (unpaired) electrons. The van der Waals surface area contributed by atoms with E-state index in [1.165, 1.54) is 11.3 Å². The topological polar surface area (TPSA) is 164 Å². The number of piperidine rings is 1. The Balaban J connectivity index is 0.720. The van der Waals surface area contributed by atoms with Gasteiger partial charge in [-0.05, 0) is 98.8 Å². The lowest BCUT2D eigenvalue weighted by atomic mass is 9.92. The smallest absolute Gasteiger partial charge is 0.362 e. The average molecular weight is 960 g/mol. The number of imide groups is 1. The predicted octanol–water partition coefficient (Wildman–Crippen LogP) is 8.59. The fourth-order valence-corrected chi connectivity index (χ4v) is 10.9. The highest BCUT2D eigenvalue weighted by Crippen LogP contribution is 2.41. The molecule has 1 atom stereocenters. The van der Waals surface area contributed by atoms with E-state index in [2.05, 4.69) is 47.4 Å². The van der Waals surface area contributed by atoms with Crippen molar-refractivity contribution in [2.24, 2.45) is 7.05 Å². The highest BCUT2D eigenvalue weighted by atomic mass is 32.1. The molecule has 10 rings (SSSR count). The molecule has 3 aliphatic rings. The average Bonchev–Trinajstić information content (AvgIpc) is 3.95. The van der Waals surface area contributed by atoms with Gasteiger partial charge in [0.1, 0.15) is 11.4 Å². The van der Waals surface area contributed by atoms with Crippen LogP contribution in [0.15, 0.2) is 97.2 Å². The number of unbranched alkanes of at least 4 members (excludes halogenated alkanes) is 4. The number of benzene rings is 4. The third-order valence-electron chi connectivity index (χ3n) is 13.8. The molecule has 0 aliphatic carbocycles. The van der Waals surface area contributed by atoms with Gasteiger partial charge in [-0.2, -0.15) is 5.10 Å². The summed E-state index contributed by atoms with van der Waals surface area (Å²) in [6.07, 6.45) is 8.43. The molecule has 2 N–H and O–H groups in total. The van der Waals surface area contributed by atoms with Crippen molar-refractivity contribution in [1.29, 1.82) is 0 Å². The van der Waals surface area contributed by atoms with Gasteiger partial charge in [0, 0.05) is 75.4 Å². The minimum atomic E-state index is -0.554. The van der Waals surface area contributed by atoms with Crippen LogP contribution in [0.25, 0.3) is 21.1 Å². The zero-order valence-corrected chi connectivity index (χ0v) is 40.4. The Labute approximate surface area is 410 Å². The van der Waals surface area contributed by atoms with Crippen LogP contribution < -0.4 is 29.9 Å². The standard InChI is InChI=1S/C54H57N9O6S/c1-35-45(68-33-11-5-3-4-10-27-61-29-31-62(32-30-61)43-19-13-16-38-48(59-60(2)49(38)43)39-21-24-47(64)57-52(39)66)23-22-44(50(35)69-53(67)42-18-8-9-26-55-42)63-28-25-36-14-12-15-37(40(36)34-63)51(65)58-54-56-41-17-6-7-20-46(41)70-54/h6-9,12-20,22-23,26,39H,3-5,10-11,21,24-25,27-34H2,1-2H3,(H,56,58,65)(H,57,64,66). The number of para-hydroxylation sites is 2. The number of piperazine rings is 1. The molecule has 3 aliphatic heterocycles. The third kappa shape index (κ3) is 9.96. The second-order valence-electron chi connectivity index (χ2n) is 18.3. The normalized spacial score (nSPS) is 16.3. The van der Waals surface area contributed by atoms with E-state index in [1.54, 1.807) is 24.4 Å². The van der Waals surface area contributed by atoms with Gasteiger partial charge in [0.05, 0.1) is 45.3 Å². The molecular weight excluding hydrogens is 903 g/mol. The summed E-state index contributed by atoms with van der Waals surface area (Å²) in [5, 5.41) is 11.8. The minimum Gasteiger partial charge on any atom is -0.493 e. The van der Waals surface area contributed by atoms with Gasteiger partial charge < -0.3 is 19.3 Å². The molecule has 360 valence electrons. The van der Waals surface area contributed by atoms with Crippen LogP contribution in [0, 0.1) is 6.92 Å². The van der Waals surface area contributed by atoms with Gasteiger partial charge in [-0.3, -0.25) is 34.6 Å². The first kappa shape index (κ1) is 46.6. The van der Waals surface area contributed by atoms with Crippen LogP contribution in [0.1, 0.15) is 94.1 Å². The van der Waals surface area contributed by atoms with Crippen molar-refractivity contribution in [1.82, 2.24) is 30.0 Å². The number of aryl methyl sites for hydroxylation is 1. The van der Waals surface area contributed by atoms with Gasteiger partial charge >= 0.3 is 5.97 Å². The number of carbonyl (C=O) groups is 4. The summed E-state index contributed by atoms with van der Waals surface area (Å²) in [6.45, 7) is 8.43. The number of esters is 1. The Kier molecular flexibility index (Phi) is 13.8. The number of hydrogen-bond donors (Lipinski definition) is 2. The zero-order chi connectivity index (χ0) is 48.1. The molecule has 2 fully saturated rings. The van der Waals surface area contributed by atoms with E-state index in [1.807, 2.05) is 79.3 Å². The quantitative estimate of drug-likeness (QED) is 0.0411. The Morgan fingerprint density at radius 1 is 0.829 bits per heavy atom. The number of thiazole rings is 1. The Morgan fingerprint density at radius 3 is 2.47 bits per heavy atom. The summed E-state index contributed by atoms with van der Waals surface area (Å²) in [6, 6.07) is 29.0. The summed E-state index contributed by atoms with van der Waals surface area (Å²) in [4.78, 5) is 67.8. The predicted molar refractivity (Wildman–Crippen MR) is 272 cm³/mol. The Bertz CT molecular complexity index is 3040. The summed E-state index contributed by atoms with van der Waals surface area (Å²) >= 11 is 1.45. The van der Waals surface area contributed by atoms with Crippen LogP contribution in [-0.2, 0) is 29.6 Å². The molecule has 3 aromatic heterocycles. The lowest BCUT2D eigenvalue weighted by Crippen LogP contribution is -2.46. The van der Waals surface area contributed by atoms with Crippen molar-refractivity contribution in [3.05, 3.63) is 131 Å². The van der Waals surface area contributed by atoms with Gasteiger partial charge in [0.15, 0.2) is 10.9 Å². The van der Waals surface area contributed by atoms with Crippen LogP contribution in [0.2, 0.25) is 0 Å². The van der Waals surface area contributed by atoms with Crippen LogP contribution in [0.3, 0.4) is 0 Å². The molecule has 6 heterocycles. The number of hydrogen-bond acceptors (Lipinski definition) is 13. The van der Waals surface area contributed by atoms with Gasteiger partial charge in [0.2, 0.25) is 11.8 Å². The van der Waals surface area contributed by atoms with Gasteiger partial charge in [-0.15, -0.1) is 0 Å². The van der Waals surface area contributed by atoms with Crippen molar-refractivity contribution in [2.75, 3.05) is 61.0 Å². The van der Waals surface area contributed by atoms with Crippen molar-refractivity contribution < 1.29 is 28.7 Å². The molecule has 0 saturated carbocycles. The van der Waals surface area contributed by atoms with Gasteiger partial charge in [-0.1, -0.05) is 73.1 Å². The van der Waals surface area contributed by atoms with Crippen LogP contribution in [0.4, 0.5) is 16.5 Å². The number of nitrogens with zero attached hydrogens (tertiary/aromatic N) is 7. The minimum absolute atomic E-state index is 0.210. The largest absolute Gasteiger partial charge is 0.493 e. The van der Waals surface area contributed by atoms with E-state index in [4.69, 9.17) is 14.6 Å². The number of rotatable bonds is 16. The molecule has 4 aromatic carbocycles. The van der Waals surface area contributed by atoms with Crippen molar-refractivity contribution in [3.8, 4) is 11.5 Å². The molecule has 2 saturated heterocycles. The summed E-state index contributed by atoms with van der Waals surface area (Å²) < 4.78 is 15.5. The first-order chi connectivity index (χ1) is 34.2. The molecule has 15 nitrogen and oxygen atoms in total. The lowest BCUT2D eigenvalue weighted by Gasteiger charge is -2.36. The SMILES string of the molecule is Cc1c(OCCCCCCCN2CCN(c3cccc4c(C5CCC(=O)NC5=O)nn(C)c34)CC2)ccc(N2CCc3cccc(C(=O)Nc4nc5ccccc5s4)c3C2)c1OC(=O)c1ccccn1. The monoisotopic (exact) mass is 959 g/mol. The highest BCUT2D eigenvalue weighted by Gasteiger charge is 2.33. The number of fused-ring (bicyclic) bond motifs is 3. The number of amides is 3. The maximum atomic E-state index is 13.8. The van der Waals surface area contributed by atoms with E-state index >= 15 is 0 Å². The summed E-state index contributed by atoms with van der Waals surface area (Å²) in [5.74, 6) is -0.590. The van der Waals surface area contributed by atoms with Gasteiger partial charge in [-0.25, -0.2) is 14.8 Å². The molecule has 16 heteroatoms. The number of nitrogens with one attached hydrogen (secondary N) is 2. The van der Waals surface area contributed by atoms with Crippen LogP contribution in [-0.4, -0.2) is 94.2 Å². The van der Waals surface area contributed by atoms with E-state index in [0.717, 1.165) is 120 Å². The Morgan fingerprint density at radius 2 is 1.64 bits per heavy atom.